The largest absolute Gasteiger partial charge is 0.359 e. The number of aryl methyl sites for hydroxylation is 1. The summed E-state index contributed by atoms with van der Waals surface area (Å²) in [5.41, 5.74) is 0.736. The highest BCUT2D eigenvalue weighted by atomic mass is 16.5. The highest BCUT2D eigenvalue weighted by Gasteiger charge is 2.73. The van der Waals surface area contributed by atoms with Crippen LogP contribution in [-0.2, 0) is 19.1 Å². The Kier molecular flexibility index (Phi) is 6.14. The van der Waals surface area contributed by atoms with E-state index in [1.165, 1.54) is 6.42 Å². The van der Waals surface area contributed by atoms with Gasteiger partial charge in [-0.3, -0.25) is 14.4 Å². The van der Waals surface area contributed by atoms with Crippen molar-refractivity contribution in [2.75, 3.05) is 5.32 Å². The number of benzene rings is 1. The minimum Gasteiger partial charge on any atom is -0.359 e. The van der Waals surface area contributed by atoms with E-state index in [-0.39, 0.29) is 29.8 Å². The van der Waals surface area contributed by atoms with Crippen molar-refractivity contribution in [1.29, 1.82) is 0 Å². The van der Waals surface area contributed by atoms with E-state index in [1.54, 1.807) is 0 Å². The van der Waals surface area contributed by atoms with Crippen LogP contribution in [0.15, 0.2) is 36.4 Å². The second-order valence-corrected chi connectivity index (χ2v) is 11.4. The lowest BCUT2D eigenvalue weighted by atomic mass is 9.74. The van der Waals surface area contributed by atoms with Crippen LogP contribution in [0.5, 0.6) is 0 Å². The lowest BCUT2D eigenvalue weighted by Crippen LogP contribution is -2.58. The molecule has 0 radical (unpaired) electrons. The molecule has 6 rings (SSSR count). The van der Waals surface area contributed by atoms with Crippen LogP contribution in [0.3, 0.4) is 0 Å². The first-order chi connectivity index (χ1) is 17.5. The summed E-state index contributed by atoms with van der Waals surface area (Å²) < 4.78 is 6.49. The molecule has 7 heteroatoms. The van der Waals surface area contributed by atoms with Gasteiger partial charge in [0.05, 0.1) is 17.9 Å². The molecule has 192 valence electrons. The van der Waals surface area contributed by atoms with Crippen LogP contribution in [0, 0.1) is 18.8 Å². The van der Waals surface area contributed by atoms with E-state index < -0.39 is 29.6 Å². The van der Waals surface area contributed by atoms with Gasteiger partial charge in [-0.2, -0.15) is 0 Å². The molecule has 36 heavy (non-hydrogen) atoms. The highest BCUT2D eigenvalue weighted by molar-refractivity contribution is 6.03. The fourth-order valence-corrected chi connectivity index (χ4v) is 7.35. The lowest BCUT2D eigenvalue weighted by molar-refractivity contribution is -0.144. The van der Waals surface area contributed by atoms with Gasteiger partial charge in [-0.1, -0.05) is 68.4 Å². The van der Waals surface area contributed by atoms with Crippen LogP contribution < -0.4 is 10.6 Å². The smallest absolute Gasteiger partial charge is 0.246 e. The number of ether oxygens (including phenoxy) is 1. The number of rotatable bonds is 5. The zero-order valence-corrected chi connectivity index (χ0v) is 21.1. The maximum atomic E-state index is 14.1. The van der Waals surface area contributed by atoms with E-state index in [9.17, 15) is 14.4 Å². The number of carbonyl (C=O) groups is 3. The molecule has 0 aromatic heterocycles. The van der Waals surface area contributed by atoms with Crippen molar-refractivity contribution in [3.63, 3.8) is 0 Å². The Balaban J connectivity index is 1.31. The van der Waals surface area contributed by atoms with E-state index in [2.05, 4.69) is 10.6 Å². The monoisotopic (exact) mass is 491 g/mol. The minimum absolute atomic E-state index is 0.0187. The van der Waals surface area contributed by atoms with E-state index in [0.29, 0.717) is 5.69 Å². The number of nitrogens with one attached hydrogen (secondary N) is 2. The van der Waals surface area contributed by atoms with Crippen LogP contribution in [0.1, 0.15) is 69.8 Å². The Morgan fingerprint density at radius 1 is 0.944 bits per heavy atom. The van der Waals surface area contributed by atoms with Crippen molar-refractivity contribution in [2.45, 2.75) is 101 Å². The maximum Gasteiger partial charge on any atom is 0.246 e. The molecule has 5 atom stereocenters. The molecular weight excluding hydrogens is 454 g/mol. The van der Waals surface area contributed by atoms with Gasteiger partial charge in [0, 0.05) is 17.8 Å². The van der Waals surface area contributed by atoms with Crippen molar-refractivity contribution < 1.29 is 19.1 Å². The summed E-state index contributed by atoms with van der Waals surface area (Å²) in [7, 11) is 0. The van der Waals surface area contributed by atoms with Crippen molar-refractivity contribution in [3.05, 3.63) is 42.0 Å². The number of carbonyl (C=O) groups excluding carboxylic acids is 3. The first-order valence-corrected chi connectivity index (χ1v) is 13.9. The standard InChI is InChI=1S/C29H37N3O4/c1-18-12-14-20(15-13-18)30-26(33)23-22-16-17-29(36-22)24(23)28(35)32(21-10-6-3-7-11-21)25(29)27(34)31-19-8-4-2-5-9-19/h12-17,19,21-25H,2-11H2,1H3,(H,30,33)(H,31,34)/t22-,23-,24-,25-,29-/m1/s1. The molecule has 2 bridgehead atoms. The molecule has 7 nitrogen and oxygen atoms in total. The molecule has 3 heterocycles. The average Bonchev–Trinajstić information content (AvgIpc) is 3.54. The van der Waals surface area contributed by atoms with E-state index >= 15 is 0 Å². The molecule has 2 N–H and O–H groups in total. The number of anilines is 1. The fraction of sp³-hybridized carbons (Fsp3) is 0.621. The van der Waals surface area contributed by atoms with Gasteiger partial charge in [-0.05, 0) is 44.7 Å². The highest BCUT2D eigenvalue weighted by Crippen LogP contribution is 2.56. The summed E-state index contributed by atoms with van der Waals surface area (Å²) >= 11 is 0. The topological polar surface area (TPSA) is 87.7 Å². The summed E-state index contributed by atoms with van der Waals surface area (Å²) in [6.45, 7) is 2.00. The van der Waals surface area contributed by atoms with Crippen LogP contribution in [-0.4, -0.2) is 52.5 Å². The Morgan fingerprint density at radius 2 is 1.61 bits per heavy atom. The van der Waals surface area contributed by atoms with Crippen molar-refractivity contribution in [1.82, 2.24) is 10.2 Å². The number of hydrogen-bond acceptors (Lipinski definition) is 4. The predicted molar refractivity (Wildman–Crippen MR) is 136 cm³/mol. The van der Waals surface area contributed by atoms with E-state index in [0.717, 1.165) is 63.4 Å². The van der Waals surface area contributed by atoms with Crippen molar-refractivity contribution in [3.8, 4) is 0 Å². The second kappa shape index (κ2) is 9.33. The van der Waals surface area contributed by atoms with Gasteiger partial charge in [-0.15, -0.1) is 0 Å². The van der Waals surface area contributed by atoms with Gasteiger partial charge in [0.15, 0.2) is 0 Å². The van der Waals surface area contributed by atoms with Crippen LogP contribution >= 0.6 is 0 Å². The quantitative estimate of drug-likeness (QED) is 0.612. The van der Waals surface area contributed by atoms with E-state index in [1.807, 2.05) is 48.2 Å². The predicted octanol–water partition coefficient (Wildman–Crippen LogP) is 3.87. The zero-order chi connectivity index (χ0) is 24.9. The summed E-state index contributed by atoms with van der Waals surface area (Å²) in [4.78, 5) is 43.4. The molecule has 3 amide bonds. The minimum atomic E-state index is -1.08. The number of hydrogen-bond donors (Lipinski definition) is 2. The number of nitrogens with zero attached hydrogens (tertiary/aromatic N) is 1. The molecule has 4 fully saturated rings. The van der Waals surface area contributed by atoms with Crippen molar-refractivity contribution in [2.24, 2.45) is 11.8 Å². The lowest BCUT2D eigenvalue weighted by Gasteiger charge is -2.39. The van der Waals surface area contributed by atoms with Gasteiger partial charge in [-0.25, -0.2) is 0 Å². The van der Waals surface area contributed by atoms with Gasteiger partial charge in [0.2, 0.25) is 17.7 Å². The molecule has 2 saturated carbocycles. The summed E-state index contributed by atoms with van der Waals surface area (Å²) in [5.74, 6) is -1.76. The first kappa shape index (κ1) is 23.7. The number of amides is 3. The van der Waals surface area contributed by atoms with Gasteiger partial charge < -0.3 is 20.3 Å². The molecule has 1 aromatic rings. The molecule has 0 unspecified atom stereocenters. The van der Waals surface area contributed by atoms with Crippen molar-refractivity contribution >= 4 is 23.4 Å². The van der Waals surface area contributed by atoms with Gasteiger partial charge in [0.1, 0.15) is 11.6 Å². The normalized spacial score (nSPS) is 34.1. The Bertz CT molecular complexity index is 1060. The van der Waals surface area contributed by atoms with Crippen LogP contribution in [0.25, 0.3) is 0 Å². The molecule has 1 spiro atoms. The van der Waals surface area contributed by atoms with Gasteiger partial charge in [0.25, 0.3) is 0 Å². The Morgan fingerprint density at radius 3 is 2.31 bits per heavy atom. The molecular formula is C29H37N3O4. The zero-order valence-electron chi connectivity index (χ0n) is 21.1. The molecule has 3 aliphatic heterocycles. The molecule has 5 aliphatic rings. The van der Waals surface area contributed by atoms with Crippen LogP contribution in [0.4, 0.5) is 5.69 Å². The van der Waals surface area contributed by atoms with Crippen LogP contribution in [0.2, 0.25) is 0 Å². The summed E-state index contributed by atoms with van der Waals surface area (Å²) in [5, 5.41) is 6.29. The van der Waals surface area contributed by atoms with Gasteiger partial charge >= 0.3 is 0 Å². The fourth-order valence-electron chi connectivity index (χ4n) is 7.35. The molecule has 1 aromatic carbocycles. The summed E-state index contributed by atoms with van der Waals surface area (Å²) in [6.07, 6.45) is 13.8. The van der Waals surface area contributed by atoms with E-state index in [4.69, 9.17) is 4.74 Å². The Hall–Kier alpha value is -2.67. The third-order valence-electron chi connectivity index (χ3n) is 9.10. The summed E-state index contributed by atoms with van der Waals surface area (Å²) in [6, 6.07) is 7.09. The Labute approximate surface area is 213 Å². The SMILES string of the molecule is Cc1ccc(NC(=O)[C@@H]2[C@H]3C=C[C@@]4(O3)[C@H]2C(=O)N(C2CCCCC2)[C@@H]4C(=O)NC2CCCCC2)cc1. The third-order valence-corrected chi connectivity index (χ3v) is 9.10. The molecule has 2 aliphatic carbocycles. The number of likely N-dealkylation sites (tertiary alicyclic amines) is 1. The second-order valence-electron chi connectivity index (χ2n) is 11.4. The number of fused-ring (bicyclic) bond motifs is 1. The maximum absolute atomic E-state index is 14.1. The average molecular weight is 492 g/mol. The molecule has 2 saturated heterocycles. The first-order valence-electron chi connectivity index (χ1n) is 13.9. The third kappa shape index (κ3) is 3.87.